The number of sulfonamides is 1. The van der Waals surface area contributed by atoms with Gasteiger partial charge in [-0.15, -0.1) is 5.10 Å². The number of benzene rings is 1. The lowest BCUT2D eigenvalue weighted by Crippen LogP contribution is -2.33. The second-order valence-corrected chi connectivity index (χ2v) is 8.37. The third-order valence-electron chi connectivity index (χ3n) is 4.79. The van der Waals surface area contributed by atoms with Gasteiger partial charge in [-0.05, 0) is 36.5 Å². The highest BCUT2D eigenvalue weighted by atomic mass is 32.2. The van der Waals surface area contributed by atoms with E-state index < -0.39 is 10.0 Å². The predicted molar refractivity (Wildman–Crippen MR) is 105 cm³/mol. The van der Waals surface area contributed by atoms with Gasteiger partial charge in [0, 0.05) is 13.1 Å². The SMILES string of the molecule is CCc1nnc(NCCS(=O)(=O)N2CCc3ccccc32)c(C#N)c1CC. The van der Waals surface area contributed by atoms with Crippen LogP contribution in [-0.4, -0.2) is 37.5 Å². The summed E-state index contributed by atoms with van der Waals surface area (Å²) >= 11 is 0. The Kier molecular flexibility index (Phi) is 5.61. The molecular weight excluding hydrogens is 362 g/mol. The summed E-state index contributed by atoms with van der Waals surface area (Å²) in [6.45, 7) is 4.57. The van der Waals surface area contributed by atoms with E-state index in [-0.39, 0.29) is 12.3 Å². The third-order valence-corrected chi connectivity index (χ3v) is 6.56. The number of rotatable bonds is 7. The van der Waals surface area contributed by atoms with E-state index in [2.05, 4.69) is 21.6 Å². The first kappa shape index (κ1) is 19.1. The van der Waals surface area contributed by atoms with Crippen molar-refractivity contribution in [3.05, 3.63) is 46.6 Å². The summed E-state index contributed by atoms with van der Waals surface area (Å²) in [7, 11) is -3.45. The van der Waals surface area contributed by atoms with Gasteiger partial charge in [0.05, 0.1) is 17.1 Å². The molecule has 1 aliphatic rings. The van der Waals surface area contributed by atoms with E-state index in [0.29, 0.717) is 30.8 Å². The molecule has 8 heteroatoms. The molecule has 0 atom stereocenters. The Balaban J connectivity index is 1.73. The van der Waals surface area contributed by atoms with Gasteiger partial charge in [0.15, 0.2) is 5.82 Å². The maximum atomic E-state index is 12.7. The van der Waals surface area contributed by atoms with Crippen molar-refractivity contribution in [3.8, 4) is 6.07 Å². The fraction of sp³-hybridized carbons (Fsp3) is 0.421. The van der Waals surface area contributed by atoms with Crippen molar-refractivity contribution in [1.29, 1.82) is 5.26 Å². The maximum Gasteiger partial charge on any atom is 0.236 e. The smallest absolute Gasteiger partial charge is 0.236 e. The summed E-state index contributed by atoms with van der Waals surface area (Å²) in [4.78, 5) is 0. The van der Waals surface area contributed by atoms with Crippen LogP contribution in [0.5, 0.6) is 0 Å². The Morgan fingerprint density at radius 2 is 2.00 bits per heavy atom. The van der Waals surface area contributed by atoms with Crippen molar-refractivity contribution in [2.75, 3.05) is 28.5 Å². The van der Waals surface area contributed by atoms with Gasteiger partial charge in [-0.2, -0.15) is 10.4 Å². The molecule has 0 spiro atoms. The number of nitrogens with one attached hydrogen (secondary N) is 1. The second kappa shape index (κ2) is 7.92. The molecule has 0 aliphatic carbocycles. The number of para-hydroxylation sites is 1. The van der Waals surface area contributed by atoms with E-state index in [1.807, 2.05) is 38.1 Å². The highest BCUT2D eigenvalue weighted by Gasteiger charge is 2.28. The summed E-state index contributed by atoms with van der Waals surface area (Å²) in [6, 6.07) is 9.74. The Hall–Kier alpha value is -2.66. The van der Waals surface area contributed by atoms with Crippen molar-refractivity contribution in [2.24, 2.45) is 0 Å². The van der Waals surface area contributed by atoms with Crippen molar-refractivity contribution < 1.29 is 8.42 Å². The molecular formula is C19H23N5O2S. The van der Waals surface area contributed by atoms with Crippen LogP contribution in [-0.2, 0) is 29.3 Å². The van der Waals surface area contributed by atoms with Crippen LogP contribution < -0.4 is 9.62 Å². The average Bonchev–Trinajstić information content (AvgIpc) is 3.12. The number of aromatic nitrogens is 2. The highest BCUT2D eigenvalue weighted by Crippen LogP contribution is 2.30. The Labute approximate surface area is 160 Å². The predicted octanol–water partition coefficient (Wildman–Crippen LogP) is 2.28. The zero-order valence-corrected chi connectivity index (χ0v) is 16.4. The number of anilines is 2. The van der Waals surface area contributed by atoms with E-state index in [4.69, 9.17) is 0 Å². The van der Waals surface area contributed by atoms with Gasteiger partial charge in [-0.25, -0.2) is 8.42 Å². The first-order valence-corrected chi connectivity index (χ1v) is 10.7. The normalized spacial score (nSPS) is 13.3. The first-order valence-electron chi connectivity index (χ1n) is 9.12. The van der Waals surface area contributed by atoms with E-state index in [9.17, 15) is 13.7 Å². The number of aryl methyl sites for hydroxylation is 1. The van der Waals surface area contributed by atoms with E-state index in [1.54, 1.807) is 0 Å². The first-order chi connectivity index (χ1) is 13.0. The van der Waals surface area contributed by atoms with Crippen LogP contribution in [0.4, 0.5) is 11.5 Å². The van der Waals surface area contributed by atoms with Crippen LogP contribution in [0.25, 0.3) is 0 Å². The van der Waals surface area contributed by atoms with Gasteiger partial charge < -0.3 is 5.32 Å². The summed E-state index contributed by atoms with van der Waals surface area (Å²) in [5.74, 6) is 0.272. The number of nitriles is 1. The lowest BCUT2D eigenvalue weighted by molar-refractivity contribution is 0.592. The fourth-order valence-electron chi connectivity index (χ4n) is 3.42. The van der Waals surface area contributed by atoms with Crippen molar-refractivity contribution in [1.82, 2.24) is 10.2 Å². The Morgan fingerprint density at radius 1 is 1.22 bits per heavy atom. The monoisotopic (exact) mass is 385 g/mol. The minimum Gasteiger partial charge on any atom is -0.366 e. The second-order valence-electron chi connectivity index (χ2n) is 6.36. The summed E-state index contributed by atoms with van der Waals surface area (Å²) in [5, 5.41) is 20.8. The lowest BCUT2D eigenvalue weighted by atomic mass is 10.0. The van der Waals surface area contributed by atoms with Crippen LogP contribution in [0.3, 0.4) is 0 Å². The highest BCUT2D eigenvalue weighted by molar-refractivity contribution is 7.92. The molecule has 142 valence electrons. The molecule has 0 radical (unpaired) electrons. The third kappa shape index (κ3) is 3.74. The molecule has 3 rings (SSSR count). The van der Waals surface area contributed by atoms with Gasteiger partial charge in [0.25, 0.3) is 0 Å². The van der Waals surface area contributed by atoms with Crippen LogP contribution in [0, 0.1) is 11.3 Å². The minimum atomic E-state index is -3.45. The van der Waals surface area contributed by atoms with Gasteiger partial charge >= 0.3 is 0 Å². The van der Waals surface area contributed by atoms with Gasteiger partial charge in [-0.1, -0.05) is 32.0 Å². The molecule has 0 bridgehead atoms. The topological polar surface area (TPSA) is 99.0 Å². The van der Waals surface area contributed by atoms with Crippen molar-refractivity contribution in [2.45, 2.75) is 33.1 Å². The molecule has 27 heavy (non-hydrogen) atoms. The molecule has 1 aromatic heterocycles. The zero-order valence-electron chi connectivity index (χ0n) is 15.6. The van der Waals surface area contributed by atoms with E-state index >= 15 is 0 Å². The standard InChI is InChI=1S/C19H23N5O2S/c1-3-15-16(13-20)19(23-22-17(15)4-2)21-10-12-27(25,26)24-11-9-14-7-5-6-8-18(14)24/h5-8H,3-4,9-12H2,1-2H3,(H,21,23). The number of hydrogen-bond acceptors (Lipinski definition) is 6. The Bertz CT molecular complexity index is 982. The molecule has 2 aromatic rings. The zero-order chi connectivity index (χ0) is 19.4. The molecule has 0 saturated carbocycles. The minimum absolute atomic E-state index is 0.0785. The van der Waals surface area contributed by atoms with Crippen LogP contribution >= 0.6 is 0 Å². The summed E-state index contributed by atoms with van der Waals surface area (Å²) < 4.78 is 27.0. The molecule has 1 aliphatic heterocycles. The van der Waals surface area contributed by atoms with E-state index in [1.165, 1.54) is 4.31 Å². The van der Waals surface area contributed by atoms with Crippen LogP contribution in [0.1, 0.15) is 36.2 Å². The quantitative estimate of drug-likeness (QED) is 0.785. The number of fused-ring (bicyclic) bond motifs is 1. The lowest BCUT2D eigenvalue weighted by Gasteiger charge is -2.20. The summed E-state index contributed by atoms with van der Waals surface area (Å²) in [5.41, 5.74) is 3.94. The maximum absolute atomic E-state index is 12.7. The van der Waals surface area contributed by atoms with Crippen molar-refractivity contribution in [3.63, 3.8) is 0 Å². The summed E-state index contributed by atoms with van der Waals surface area (Å²) in [6.07, 6.45) is 2.11. The molecule has 1 N–H and O–H groups in total. The van der Waals surface area contributed by atoms with Gasteiger partial charge in [0.2, 0.25) is 10.0 Å². The molecule has 0 unspecified atom stereocenters. The number of hydrogen-bond donors (Lipinski definition) is 1. The molecule has 0 saturated heterocycles. The molecule has 1 aromatic carbocycles. The van der Waals surface area contributed by atoms with Crippen LogP contribution in [0.2, 0.25) is 0 Å². The van der Waals surface area contributed by atoms with Crippen molar-refractivity contribution >= 4 is 21.5 Å². The molecule has 0 amide bonds. The largest absolute Gasteiger partial charge is 0.366 e. The van der Waals surface area contributed by atoms with Gasteiger partial charge in [0.1, 0.15) is 11.6 Å². The molecule has 2 heterocycles. The molecule has 7 nitrogen and oxygen atoms in total. The van der Waals surface area contributed by atoms with E-state index in [0.717, 1.165) is 28.9 Å². The van der Waals surface area contributed by atoms with Gasteiger partial charge in [-0.3, -0.25) is 4.31 Å². The number of nitrogens with zero attached hydrogens (tertiary/aromatic N) is 4. The fourth-order valence-corrected chi connectivity index (χ4v) is 4.85. The van der Waals surface area contributed by atoms with Crippen LogP contribution in [0.15, 0.2) is 24.3 Å². The molecule has 0 fully saturated rings. The average molecular weight is 385 g/mol. The Morgan fingerprint density at radius 3 is 2.70 bits per heavy atom.